The molecule has 0 heterocycles. The number of rotatable bonds is 9. The maximum atomic E-state index is 9.88. The summed E-state index contributed by atoms with van der Waals surface area (Å²) in [7, 11) is 0. The summed E-state index contributed by atoms with van der Waals surface area (Å²) in [5, 5.41) is 9.88. The lowest BCUT2D eigenvalue weighted by Gasteiger charge is -2.39. The Balaban J connectivity index is 2.32. The predicted octanol–water partition coefficient (Wildman–Crippen LogP) is 2.48. The molecule has 0 aliphatic heterocycles. The minimum absolute atomic E-state index is 0.137. The maximum Gasteiger partial charge on any atom is 0.101 e. The standard InChI is InChI=1S/C16H33NO3/c1-4-5-14-6-8-16(12-17,9-7-14)20-11-15(18)10-19-13(2)3/h13-15,18H,4-12,17H2,1-3H3. The van der Waals surface area contributed by atoms with E-state index in [0.29, 0.717) is 19.8 Å². The van der Waals surface area contributed by atoms with E-state index >= 15 is 0 Å². The molecule has 4 heteroatoms. The minimum atomic E-state index is -0.561. The molecule has 3 N–H and O–H groups in total. The van der Waals surface area contributed by atoms with E-state index in [1.54, 1.807) is 0 Å². The van der Waals surface area contributed by atoms with E-state index in [1.165, 1.54) is 25.7 Å². The van der Waals surface area contributed by atoms with E-state index in [9.17, 15) is 5.11 Å². The van der Waals surface area contributed by atoms with Gasteiger partial charge in [0.2, 0.25) is 0 Å². The van der Waals surface area contributed by atoms with Gasteiger partial charge < -0.3 is 20.3 Å². The van der Waals surface area contributed by atoms with E-state index < -0.39 is 6.10 Å². The van der Waals surface area contributed by atoms with Gasteiger partial charge in [-0.05, 0) is 45.4 Å². The van der Waals surface area contributed by atoms with E-state index in [4.69, 9.17) is 15.2 Å². The highest BCUT2D eigenvalue weighted by Gasteiger charge is 2.35. The first-order valence-corrected chi connectivity index (χ1v) is 8.15. The zero-order valence-corrected chi connectivity index (χ0v) is 13.4. The lowest BCUT2D eigenvalue weighted by molar-refractivity contribution is -0.114. The van der Waals surface area contributed by atoms with Gasteiger partial charge in [-0.3, -0.25) is 0 Å². The summed E-state index contributed by atoms with van der Waals surface area (Å²) < 4.78 is 11.4. The Hall–Kier alpha value is -0.160. The molecule has 120 valence electrons. The highest BCUT2D eigenvalue weighted by Crippen LogP contribution is 2.36. The fourth-order valence-electron chi connectivity index (χ4n) is 2.93. The van der Waals surface area contributed by atoms with Gasteiger partial charge in [0.15, 0.2) is 0 Å². The number of aliphatic hydroxyl groups is 1. The molecule has 0 aromatic heterocycles. The average molecular weight is 287 g/mol. The second-order valence-electron chi connectivity index (χ2n) is 6.47. The third-order valence-corrected chi connectivity index (χ3v) is 4.29. The van der Waals surface area contributed by atoms with Crippen molar-refractivity contribution in [1.82, 2.24) is 0 Å². The lowest BCUT2D eigenvalue weighted by Crippen LogP contribution is -2.45. The summed E-state index contributed by atoms with van der Waals surface area (Å²) in [4.78, 5) is 0. The van der Waals surface area contributed by atoms with Gasteiger partial charge in [-0.15, -0.1) is 0 Å². The third kappa shape index (κ3) is 6.08. The average Bonchev–Trinajstić information content (AvgIpc) is 2.45. The zero-order valence-electron chi connectivity index (χ0n) is 13.4. The van der Waals surface area contributed by atoms with Crippen molar-refractivity contribution in [3.63, 3.8) is 0 Å². The molecule has 1 rings (SSSR count). The van der Waals surface area contributed by atoms with Gasteiger partial charge in [0.25, 0.3) is 0 Å². The predicted molar refractivity (Wildman–Crippen MR) is 81.7 cm³/mol. The molecule has 0 aromatic carbocycles. The molecule has 1 aliphatic rings. The fourth-order valence-corrected chi connectivity index (χ4v) is 2.93. The molecule has 1 aliphatic carbocycles. The number of hydrogen-bond donors (Lipinski definition) is 2. The van der Waals surface area contributed by atoms with Crippen LogP contribution in [0.2, 0.25) is 0 Å². The van der Waals surface area contributed by atoms with Crippen LogP contribution in [-0.4, -0.2) is 42.7 Å². The Kier molecular flexibility index (Phi) is 8.03. The first kappa shape index (κ1) is 17.9. The molecule has 4 nitrogen and oxygen atoms in total. The van der Waals surface area contributed by atoms with Crippen molar-refractivity contribution in [1.29, 1.82) is 0 Å². The smallest absolute Gasteiger partial charge is 0.101 e. The summed E-state index contributed by atoms with van der Waals surface area (Å²) in [5.41, 5.74) is 5.71. The van der Waals surface area contributed by atoms with Crippen molar-refractivity contribution in [3.8, 4) is 0 Å². The quantitative estimate of drug-likeness (QED) is 0.684. The molecule has 20 heavy (non-hydrogen) atoms. The summed E-state index contributed by atoms with van der Waals surface area (Å²) in [6, 6.07) is 0. The normalized spacial score (nSPS) is 28.8. The topological polar surface area (TPSA) is 64.7 Å². The monoisotopic (exact) mass is 287 g/mol. The Morgan fingerprint density at radius 2 is 1.90 bits per heavy atom. The van der Waals surface area contributed by atoms with Crippen LogP contribution in [0.1, 0.15) is 59.3 Å². The van der Waals surface area contributed by atoms with Crippen LogP contribution >= 0.6 is 0 Å². The van der Waals surface area contributed by atoms with E-state index in [-0.39, 0.29) is 11.7 Å². The third-order valence-electron chi connectivity index (χ3n) is 4.29. The molecular formula is C16H33NO3. The van der Waals surface area contributed by atoms with Gasteiger partial charge in [-0.1, -0.05) is 19.8 Å². The second-order valence-corrected chi connectivity index (χ2v) is 6.47. The van der Waals surface area contributed by atoms with Crippen LogP contribution in [0.5, 0.6) is 0 Å². The van der Waals surface area contributed by atoms with Gasteiger partial charge in [0, 0.05) is 6.54 Å². The number of ether oxygens (including phenoxy) is 2. The van der Waals surface area contributed by atoms with Gasteiger partial charge in [0.05, 0.1) is 24.9 Å². The Labute approximate surface area is 124 Å². The Morgan fingerprint density at radius 1 is 1.25 bits per heavy atom. The number of nitrogens with two attached hydrogens (primary N) is 1. The van der Waals surface area contributed by atoms with Crippen LogP contribution in [0, 0.1) is 5.92 Å². The first-order valence-electron chi connectivity index (χ1n) is 8.15. The molecule has 1 atom stereocenters. The minimum Gasteiger partial charge on any atom is -0.388 e. The van der Waals surface area contributed by atoms with Crippen LogP contribution in [0.4, 0.5) is 0 Å². The van der Waals surface area contributed by atoms with Gasteiger partial charge in [0.1, 0.15) is 6.10 Å². The summed E-state index contributed by atoms with van der Waals surface area (Å²) >= 11 is 0. The fraction of sp³-hybridized carbons (Fsp3) is 1.00. The van der Waals surface area contributed by atoms with Crippen LogP contribution in [-0.2, 0) is 9.47 Å². The van der Waals surface area contributed by atoms with E-state index in [1.807, 2.05) is 13.8 Å². The summed E-state index contributed by atoms with van der Waals surface area (Å²) in [6.07, 6.45) is 6.58. The molecule has 1 saturated carbocycles. The molecule has 0 amide bonds. The van der Waals surface area contributed by atoms with Crippen LogP contribution < -0.4 is 5.73 Å². The van der Waals surface area contributed by atoms with Gasteiger partial charge in [-0.25, -0.2) is 0 Å². The van der Waals surface area contributed by atoms with E-state index in [0.717, 1.165) is 18.8 Å². The van der Waals surface area contributed by atoms with Crippen LogP contribution in [0.25, 0.3) is 0 Å². The molecular weight excluding hydrogens is 254 g/mol. The van der Waals surface area contributed by atoms with Crippen LogP contribution in [0.15, 0.2) is 0 Å². The Bertz CT molecular complexity index is 250. The Morgan fingerprint density at radius 3 is 2.40 bits per heavy atom. The van der Waals surface area contributed by atoms with Crippen molar-refractivity contribution in [2.24, 2.45) is 11.7 Å². The highest BCUT2D eigenvalue weighted by atomic mass is 16.5. The number of hydrogen-bond acceptors (Lipinski definition) is 4. The number of aliphatic hydroxyl groups excluding tert-OH is 1. The first-order chi connectivity index (χ1) is 9.51. The SMILES string of the molecule is CCCC1CCC(CN)(OCC(O)COC(C)C)CC1. The summed E-state index contributed by atoms with van der Waals surface area (Å²) in [6.45, 7) is 7.36. The molecule has 1 fully saturated rings. The van der Waals surface area contributed by atoms with Crippen molar-refractivity contribution in [2.45, 2.75) is 77.1 Å². The van der Waals surface area contributed by atoms with Gasteiger partial charge in [-0.2, -0.15) is 0 Å². The maximum absolute atomic E-state index is 9.88. The van der Waals surface area contributed by atoms with Crippen LogP contribution in [0.3, 0.4) is 0 Å². The molecule has 0 radical (unpaired) electrons. The van der Waals surface area contributed by atoms with Gasteiger partial charge >= 0.3 is 0 Å². The second kappa shape index (κ2) is 8.98. The van der Waals surface area contributed by atoms with Crippen molar-refractivity contribution in [2.75, 3.05) is 19.8 Å². The molecule has 0 saturated heterocycles. The zero-order chi connectivity index (χ0) is 15.0. The molecule has 0 spiro atoms. The molecule has 0 aromatic rings. The van der Waals surface area contributed by atoms with Crippen molar-refractivity contribution >= 4 is 0 Å². The lowest BCUT2D eigenvalue weighted by atomic mass is 9.77. The summed E-state index contributed by atoms with van der Waals surface area (Å²) in [5.74, 6) is 0.831. The van der Waals surface area contributed by atoms with Crippen molar-refractivity contribution < 1.29 is 14.6 Å². The largest absolute Gasteiger partial charge is 0.388 e. The highest BCUT2D eigenvalue weighted by molar-refractivity contribution is 4.88. The van der Waals surface area contributed by atoms with E-state index in [2.05, 4.69) is 6.92 Å². The molecule has 0 bridgehead atoms. The molecule has 1 unspecified atom stereocenters. The van der Waals surface area contributed by atoms with Crippen molar-refractivity contribution in [3.05, 3.63) is 0 Å².